The summed E-state index contributed by atoms with van der Waals surface area (Å²) in [6, 6.07) is 0. The molecule has 1 aliphatic heterocycles. The van der Waals surface area contributed by atoms with Crippen LogP contribution < -0.4 is 5.32 Å². The molecule has 15 heavy (non-hydrogen) atoms. The minimum absolute atomic E-state index is 0.981. The summed E-state index contributed by atoms with van der Waals surface area (Å²) in [7, 11) is 1.38. The van der Waals surface area contributed by atoms with Gasteiger partial charge in [0.2, 0.25) is 0 Å². The zero-order valence-corrected chi connectivity index (χ0v) is 10.3. The van der Waals surface area contributed by atoms with Crippen molar-refractivity contribution in [2.75, 3.05) is 13.1 Å². The lowest BCUT2D eigenvalue weighted by Gasteiger charge is -2.29. The molecule has 0 amide bonds. The summed E-state index contributed by atoms with van der Waals surface area (Å²) >= 11 is 0. The van der Waals surface area contributed by atoms with Crippen molar-refractivity contribution in [1.82, 2.24) is 5.32 Å². The van der Waals surface area contributed by atoms with Crippen molar-refractivity contribution < 1.29 is 0 Å². The smallest absolute Gasteiger partial charge is 0.123 e. The van der Waals surface area contributed by atoms with Crippen LogP contribution >= 0.6 is 0 Å². The van der Waals surface area contributed by atoms with Crippen molar-refractivity contribution in [2.45, 2.75) is 57.6 Å². The summed E-state index contributed by atoms with van der Waals surface area (Å²) in [4.78, 5) is 0. The van der Waals surface area contributed by atoms with Crippen molar-refractivity contribution in [3.63, 3.8) is 0 Å². The molecule has 0 bridgehead atoms. The third kappa shape index (κ3) is 2.99. The van der Waals surface area contributed by atoms with Gasteiger partial charge in [0, 0.05) is 0 Å². The van der Waals surface area contributed by atoms with Gasteiger partial charge in [-0.1, -0.05) is 51.8 Å². The maximum Gasteiger partial charge on any atom is 0.123 e. The van der Waals surface area contributed by atoms with Crippen LogP contribution in [0.15, 0.2) is 0 Å². The van der Waals surface area contributed by atoms with Gasteiger partial charge in [-0.25, -0.2) is 0 Å². The summed E-state index contributed by atoms with van der Waals surface area (Å²) in [5.74, 6) is 3.03. The molecule has 0 radical (unpaired) electrons. The summed E-state index contributed by atoms with van der Waals surface area (Å²) in [6.07, 6.45) is 10.5. The standard InChI is InChI=1S/C13H26BN/c1-14-13-10-15-9-12(13)11-7-5-3-2-4-6-8-11/h11-15H,2-10H2,1H3. The number of nitrogens with one attached hydrogen (secondary N) is 1. The topological polar surface area (TPSA) is 12.0 Å². The second-order valence-electron chi connectivity index (χ2n) is 5.60. The van der Waals surface area contributed by atoms with Crippen LogP contribution in [0.1, 0.15) is 44.9 Å². The Hall–Kier alpha value is 0.0249. The second kappa shape index (κ2) is 5.93. The first kappa shape index (κ1) is 11.5. The molecular formula is C13H26BN. The van der Waals surface area contributed by atoms with E-state index in [9.17, 15) is 0 Å². The molecule has 1 aliphatic carbocycles. The average molecular weight is 207 g/mol. The van der Waals surface area contributed by atoms with Crippen LogP contribution in [0.5, 0.6) is 0 Å². The Bertz CT molecular complexity index is 175. The van der Waals surface area contributed by atoms with Gasteiger partial charge in [0.05, 0.1) is 0 Å². The molecular weight excluding hydrogens is 181 g/mol. The maximum atomic E-state index is 3.61. The Morgan fingerprint density at radius 2 is 1.60 bits per heavy atom. The minimum atomic E-state index is 0.981. The summed E-state index contributed by atoms with van der Waals surface area (Å²) in [6.45, 7) is 4.97. The molecule has 1 heterocycles. The van der Waals surface area contributed by atoms with Crippen LogP contribution in [-0.2, 0) is 0 Å². The first-order valence-electron chi connectivity index (χ1n) is 7.12. The number of hydrogen-bond acceptors (Lipinski definition) is 1. The van der Waals surface area contributed by atoms with E-state index in [2.05, 4.69) is 12.1 Å². The first-order chi connectivity index (χ1) is 7.42. The predicted octanol–water partition coefficient (Wildman–Crippen LogP) is 2.84. The summed E-state index contributed by atoms with van der Waals surface area (Å²) < 4.78 is 0. The van der Waals surface area contributed by atoms with Gasteiger partial charge in [-0.05, 0) is 30.7 Å². The van der Waals surface area contributed by atoms with Gasteiger partial charge in [0.15, 0.2) is 0 Å². The van der Waals surface area contributed by atoms with E-state index in [0.717, 1.165) is 17.7 Å². The van der Waals surface area contributed by atoms with Crippen LogP contribution in [0.2, 0.25) is 12.6 Å². The SMILES string of the molecule is CBC1CNCC1C1CCCCCCC1. The van der Waals surface area contributed by atoms with Crippen molar-refractivity contribution in [2.24, 2.45) is 11.8 Å². The largest absolute Gasteiger partial charge is 0.317 e. The quantitative estimate of drug-likeness (QED) is 0.686. The fraction of sp³-hybridized carbons (Fsp3) is 1.00. The first-order valence-corrected chi connectivity index (χ1v) is 7.12. The lowest BCUT2D eigenvalue weighted by Crippen LogP contribution is -2.23. The predicted molar refractivity (Wildman–Crippen MR) is 68.9 cm³/mol. The maximum absolute atomic E-state index is 3.61. The molecule has 2 aliphatic rings. The van der Waals surface area contributed by atoms with Gasteiger partial charge >= 0.3 is 0 Å². The van der Waals surface area contributed by atoms with Crippen molar-refractivity contribution in [3.05, 3.63) is 0 Å². The van der Waals surface area contributed by atoms with E-state index in [0.29, 0.717) is 0 Å². The van der Waals surface area contributed by atoms with Gasteiger partial charge in [-0.15, -0.1) is 0 Å². The number of hydrogen-bond donors (Lipinski definition) is 1. The molecule has 1 nitrogen and oxygen atoms in total. The summed E-state index contributed by atoms with van der Waals surface area (Å²) in [5, 5.41) is 3.61. The molecule has 0 aromatic carbocycles. The van der Waals surface area contributed by atoms with Crippen LogP contribution in [0.25, 0.3) is 0 Å². The van der Waals surface area contributed by atoms with Crippen molar-refractivity contribution >= 4 is 7.28 Å². The highest BCUT2D eigenvalue weighted by molar-refractivity contribution is 6.36. The molecule has 1 saturated carbocycles. The van der Waals surface area contributed by atoms with Gasteiger partial charge in [0.25, 0.3) is 0 Å². The van der Waals surface area contributed by atoms with Crippen LogP contribution in [-0.4, -0.2) is 20.4 Å². The highest BCUT2D eigenvalue weighted by atomic mass is 14.9. The molecule has 2 fully saturated rings. The molecule has 0 spiro atoms. The lowest BCUT2D eigenvalue weighted by atomic mass is 9.59. The highest BCUT2D eigenvalue weighted by Gasteiger charge is 2.32. The Kier molecular flexibility index (Phi) is 4.55. The Morgan fingerprint density at radius 3 is 2.27 bits per heavy atom. The van der Waals surface area contributed by atoms with Gasteiger partial charge in [-0.3, -0.25) is 0 Å². The van der Waals surface area contributed by atoms with E-state index in [1.807, 2.05) is 0 Å². The monoisotopic (exact) mass is 207 g/mol. The molecule has 2 atom stereocenters. The zero-order chi connectivity index (χ0) is 10.5. The van der Waals surface area contributed by atoms with Gasteiger partial charge in [-0.2, -0.15) is 0 Å². The second-order valence-corrected chi connectivity index (χ2v) is 5.60. The van der Waals surface area contributed by atoms with Crippen molar-refractivity contribution in [1.29, 1.82) is 0 Å². The van der Waals surface area contributed by atoms with E-state index < -0.39 is 0 Å². The van der Waals surface area contributed by atoms with E-state index in [4.69, 9.17) is 0 Å². The number of rotatable bonds is 2. The van der Waals surface area contributed by atoms with E-state index in [1.165, 1.54) is 65.3 Å². The average Bonchev–Trinajstić information content (AvgIpc) is 2.65. The van der Waals surface area contributed by atoms with Crippen LogP contribution in [0.3, 0.4) is 0 Å². The van der Waals surface area contributed by atoms with Crippen LogP contribution in [0.4, 0.5) is 0 Å². The molecule has 2 heteroatoms. The van der Waals surface area contributed by atoms with E-state index in [1.54, 1.807) is 0 Å². The lowest BCUT2D eigenvalue weighted by molar-refractivity contribution is 0.280. The molecule has 1 saturated heterocycles. The zero-order valence-electron chi connectivity index (χ0n) is 10.3. The Balaban J connectivity index is 1.88. The van der Waals surface area contributed by atoms with Gasteiger partial charge in [0.1, 0.15) is 7.28 Å². The molecule has 1 N–H and O–H groups in total. The fourth-order valence-corrected chi connectivity index (χ4v) is 3.67. The normalized spacial score (nSPS) is 34.7. The highest BCUT2D eigenvalue weighted by Crippen LogP contribution is 2.36. The van der Waals surface area contributed by atoms with E-state index >= 15 is 0 Å². The molecule has 86 valence electrons. The van der Waals surface area contributed by atoms with Crippen LogP contribution in [0, 0.1) is 11.8 Å². The Morgan fingerprint density at radius 1 is 0.933 bits per heavy atom. The minimum Gasteiger partial charge on any atom is -0.317 e. The third-order valence-corrected chi connectivity index (χ3v) is 4.67. The van der Waals surface area contributed by atoms with E-state index in [-0.39, 0.29) is 0 Å². The van der Waals surface area contributed by atoms with Gasteiger partial charge < -0.3 is 5.32 Å². The molecule has 2 rings (SSSR count). The third-order valence-electron chi connectivity index (χ3n) is 4.67. The molecule has 0 aromatic rings. The Labute approximate surface area is 95.6 Å². The fourth-order valence-electron chi connectivity index (χ4n) is 3.67. The molecule has 2 unspecified atom stereocenters. The van der Waals surface area contributed by atoms with Crippen molar-refractivity contribution in [3.8, 4) is 0 Å². The molecule has 0 aromatic heterocycles. The summed E-state index contributed by atoms with van der Waals surface area (Å²) in [5.41, 5.74) is 0.